The van der Waals surface area contributed by atoms with E-state index in [1.165, 1.54) is 0 Å². The van der Waals surface area contributed by atoms with Crippen molar-refractivity contribution in [1.82, 2.24) is 10.6 Å². The summed E-state index contributed by atoms with van der Waals surface area (Å²) < 4.78 is 0. The van der Waals surface area contributed by atoms with Crippen molar-refractivity contribution < 1.29 is 24.3 Å². The van der Waals surface area contributed by atoms with Gasteiger partial charge >= 0.3 is 0 Å². The fourth-order valence-electron chi connectivity index (χ4n) is 3.83. The minimum atomic E-state index is -1.09. The largest absolute Gasteiger partial charge is 0.389 e. The molecule has 202 valence electrons. The molecule has 0 aliphatic heterocycles. The quantitative estimate of drug-likeness (QED) is 0.211. The number of aliphatic hydroxyl groups is 1. The summed E-state index contributed by atoms with van der Waals surface area (Å²) in [5, 5.41) is 21.1. The van der Waals surface area contributed by atoms with Crippen LogP contribution in [0.3, 0.4) is 0 Å². The second-order valence-corrected chi connectivity index (χ2v) is 8.81. The zero-order chi connectivity index (χ0) is 28.3. The third-order valence-electron chi connectivity index (χ3n) is 5.91. The van der Waals surface area contributed by atoms with Crippen LogP contribution in [0.25, 0.3) is 0 Å². The van der Waals surface area contributed by atoms with Crippen LogP contribution in [-0.4, -0.2) is 47.9 Å². The second-order valence-electron chi connectivity index (χ2n) is 8.81. The van der Waals surface area contributed by atoms with E-state index in [0.29, 0.717) is 22.5 Å². The van der Waals surface area contributed by atoms with Crippen molar-refractivity contribution in [2.24, 2.45) is 0 Å². The highest BCUT2D eigenvalue weighted by Gasteiger charge is 2.17. The molecule has 0 unspecified atom stereocenters. The van der Waals surface area contributed by atoms with Crippen molar-refractivity contribution in [2.45, 2.75) is 6.10 Å². The molecule has 0 atom stereocenters. The lowest BCUT2D eigenvalue weighted by atomic mass is 10.1. The monoisotopic (exact) mass is 536 g/mol. The van der Waals surface area contributed by atoms with Gasteiger partial charge in [0.2, 0.25) is 0 Å². The minimum absolute atomic E-state index is 0.146. The van der Waals surface area contributed by atoms with E-state index in [0.717, 1.165) is 0 Å². The van der Waals surface area contributed by atoms with Gasteiger partial charge in [-0.3, -0.25) is 19.2 Å². The molecule has 0 radical (unpaired) electrons. The van der Waals surface area contributed by atoms with Crippen molar-refractivity contribution in [3.63, 3.8) is 0 Å². The van der Waals surface area contributed by atoms with Crippen LogP contribution in [0, 0.1) is 0 Å². The number of carbonyl (C=O) groups excluding carboxylic acids is 4. The van der Waals surface area contributed by atoms with Crippen LogP contribution < -0.4 is 21.3 Å². The molecular weight excluding hydrogens is 508 g/mol. The van der Waals surface area contributed by atoms with Crippen LogP contribution in [0.1, 0.15) is 41.4 Å². The molecule has 4 aromatic carbocycles. The normalized spacial score (nSPS) is 10.4. The highest BCUT2D eigenvalue weighted by molar-refractivity contribution is 6.10. The molecule has 0 saturated heterocycles. The van der Waals surface area contributed by atoms with E-state index in [4.69, 9.17) is 0 Å². The van der Waals surface area contributed by atoms with Gasteiger partial charge in [-0.2, -0.15) is 0 Å². The van der Waals surface area contributed by atoms with Gasteiger partial charge in [-0.25, -0.2) is 0 Å². The molecule has 40 heavy (non-hydrogen) atoms. The lowest BCUT2D eigenvalue weighted by molar-refractivity contribution is 0.0885. The van der Waals surface area contributed by atoms with Crippen LogP contribution in [0.4, 0.5) is 11.4 Å². The molecule has 0 heterocycles. The first-order valence-corrected chi connectivity index (χ1v) is 12.6. The Kier molecular flexibility index (Phi) is 9.36. The van der Waals surface area contributed by atoms with Crippen molar-refractivity contribution in [2.75, 3.05) is 23.7 Å². The van der Waals surface area contributed by atoms with E-state index in [9.17, 15) is 24.3 Å². The maximum Gasteiger partial charge on any atom is 0.255 e. The molecule has 0 aliphatic carbocycles. The predicted molar refractivity (Wildman–Crippen MR) is 152 cm³/mol. The molecule has 0 aromatic heterocycles. The predicted octanol–water partition coefficient (Wildman–Crippen LogP) is 3.71. The Labute approximate surface area is 231 Å². The first-order valence-electron chi connectivity index (χ1n) is 12.6. The smallest absolute Gasteiger partial charge is 0.255 e. The summed E-state index contributed by atoms with van der Waals surface area (Å²) in [4.78, 5) is 50.7. The number of nitrogens with one attached hydrogen (secondary N) is 4. The van der Waals surface area contributed by atoms with Gasteiger partial charge in [0.15, 0.2) is 0 Å². The van der Waals surface area contributed by atoms with Crippen molar-refractivity contribution >= 4 is 35.0 Å². The van der Waals surface area contributed by atoms with Crippen molar-refractivity contribution in [3.8, 4) is 0 Å². The van der Waals surface area contributed by atoms with E-state index >= 15 is 0 Å². The van der Waals surface area contributed by atoms with Gasteiger partial charge in [0, 0.05) is 24.2 Å². The van der Waals surface area contributed by atoms with Crippen LogP contribution >= 0.6 is 0 Å². The van der Waals surface area contributed by atoms with Gasteiger partial charge in [0.05, 0.1) is 28.6 Å². The third-order valence-corrected chi connectivity index (χ3v) is 5.91. The average molecular weight is 537 g/mol. The maximum absolute atomic E-state index is 12.8. The Morgan fingerprint density at radius 2 is 0.850 bits per heavy atom. The lowest BCUT2D eigenvalue weighted by Crippen LogP contribution is -2.40. The molecule has 0 aliphatic rings. The molecule has 9 nitrogen and oxygen atoms in total. The molecule has 0 spiro atoms. The topological polar surface area (TPSA) is 137 Å². The van der Waals surface area contributed by atoms with Crippen LogP contribution in [0.15, 0.2) is 109 Å². The Bertz CT molecular complexity index is 1380. The SMILES string of the molecule is O=C(Nc1ccccc1C(=O)NCC(O)CNC(=O)c1ccccc1NC(=O)c1ccccc1)c1ccccc1. The molecule has 5 N–H and O–H groups in total. The Morgan fingerprint density at radius 3 is 1.25 bits per heavy atom. The number of rotatable bonds is 10. The summed E-state index contributed by atoms with van der Waals surface area (Å²) in [7, 11) is 0. The van der Waals surface area contributed by atoms with Gasteiger partial charge in [0.1, 0.15) is 0 Å². The van der Waals surface area contributed by atoms with Gasteiger partial charge in [-0.1, -0.05) is 60.7 Å². The average Bonchev–Trinajstić information content (AvgIpc) is 3.00. The molecule has 0 fully saturated rings. The summed E-state index contributed by atoms with van der Waals surface area (Å²) in [6.45, 7) is -0.293. The number of carbonyl (C=O) groups is 4. The van der Waals surface area contributed by atoms with E-state index in [1.807, 2.05) is 0 Å². The van der Waals surface area contributed by atoms with Gasteiger partial charge < -0.3 is 26.4 Å². The summed E-state index contributed by atoms with van der Waals surface area (Å²) in [6.07, 6.45) is -1.09. The molecule has 0 saturated carbocycles. The van der Waals surface area contributed by atoms with Crippen LogP contribution in [0.5, 0.6) is 0 Å². The molecule has 4 amide bonds. The molecule has 9 heteroatoms. The Morgan fingerprint density at radius 1 is 0.500 bits per heavy atom. The number of anilines is 2. The van der Waals surface area contributed by atoms with E-state index in [1.54, 1.807) is 109 Å². The first kappa shape index (κ1) is 27.7. The fraction of sp³-hybridized carbons (Fsp3) is 0.0968. The van der Waals surface area contributed by atoms with Crippen molar-refractivity contribution in [1.29, 1.82) is 0 Å². The molecule has 0 bridgehead atoms. The van der Waals surface area contributed by atoms with Gasteiger partial charge in [-0.05, 0) is 48.5 Å². The number of para-hydroxylation sites is 2. The first-order chi connectivity index (χ1) is 19.4. The fourth-order valence-corrected chi connectivity index (χ4v) is 3.83. The van der Waals surface area contributed by atoms with Crippen molar-refractivity contribution in [3.05, 3.63) is 131 Å². The zero-order valence-corrected chi connectivity index (χ0v) is 21.5. The molecular formula is C31H28N4O5. The summed E-state index contributed by atoms with van der Waals surface area (Å²) in [6, 6.07) is 30.3. The standard InChI is InChI=1S/C31H28N4O5/c36-23(19-32-30(39)24-15-7-9-17-26(24)34-28(37)21-11-3-1-4-12-21)20-33-31(40)25-16-8-10-18-27(25)35-29(38)22-13-5-2-6-14-22/h1-18,23,36H,19-20H2,(H,32,39)(H,33,40)(H,34,37)(H,35,38). The van der Waals surface area contributed by atoms with E-state index in [-0.39, 0.29) is 36.0 Å². The highest BCUT2D eigenvalue weighted by atomic mass is 16.3. The number of benzene rings is 4. The summed E-state index contributed by atoms with van der Waals surface area (Å²) in [5.41, 5.74) is 2.00. The van der Waals surface area contributed by atoms with E-state index in [2.05, 4.69) is 21.3 Å². The maximum atomic E-state index is 12.8. The van der Waals surface area contributed by atoms with Crippen LogP contribution in [0.2, 0.25) is 0 Å². The van der Waals surface area contributed by atoms with Crippen LogP contribution in [-0.2, 0) is 0 Å². The van der Waals surface area contributed by atoms with Gasteiger partial charge in [0.25, 0.3) is 23.6 Å². The minimum Gasteiger partial charge on any atom is -0.389 e. The van der Waals surface area contributed by atoms with Gasteiger partial charge in [-0.15, -0.1) is 0 Å². The second kappa shape index (κ2) is 13.5. The lowest BCUT2D eigenvalue weighted by Gasteiger charge is -2.16. The third kappa shape index (κ3) is 7.40. The zero-order valence-electron chi connectivity index (χ0n) is 21.5. The Balaban J connectivity index is 1.30. The highest BCUT2D eigenvalue weighted by Crippen LogP contribution is 2.17. The summed E-state index contributed by atoms with van der Waals surface area (Å²) in [5.74, 6) is -1.71. The number of hydrogen-bond acceptors (Lipinski definition) is 5. The molecule has 4 aromatic rings. The Hall–Kier alpha value is -5.28. The number of amides is 4. The number of hydrogen-bond donors (Lipinski definition) is 5. The molecule has 4 rings (SSSR count). The summed E-state index contributed by atoms with van der Waals surface area (Å²) >= 11 is 0. The number of aliphatic hydroxyl groups excluding tert-OH is 1. The van der Waals surface area contributed by atoms with E-state index < -0.39 is 17.9 Å².